The van der Waals surface area contributed by atoms with Crippen molar-refractivity contribution in [3.8, 4) is 16.2 Å². The fraction of sp³-hybridized carbons (Fsp3) is 0.154. The fourth-order valence-electron chi connectivity index (χ4n) is 1.53. The second kappa shape index (κ2) is 5.66. The van der Waals surface area contributed by atoms with Gasteiger partial charge in [0.2, 0.25) is 0 Å². The van der Waals surface area contributed by atoms with E-state index in [2.05, 4.69) is 0 Å². The Balaban J connectivity index is 2.23. The Morgan fingerprint density at radius 2 is 2.00 bits per heavy atom. The van der Waals surface area contributed by atoms with Gasteiger partial charge in [-0.1, -0.05) is 0 Å². The average molecular weight is 264 g/mol. The van der Waals surface area contributed by atoms with Crippen LogP contribution >= 0.6 is 11.3 Å². The van der Waals surface area contributed by atoms with Gasteiger partial charge in [-0.2, -0.15) is 0 Å². The summed E-state index contributed by atoms with van der Waals surface area (Å²) in [6.45, 7) is 0.193. The lowest BCUT2D eigenvalue weighted by atomic mass is 10.1. The molecule has 0 aliphatic rings. The smallest absolute Gasteiger partial charge is 0.337 e. The van der Waals surface area contributed by atoms with Crippen molar-refractivity contribution >= 4 is 17.3 Å². The monoisotopic (exact) mass is 264 g/mol. The van der Waals surface area contributed by atoms with Gasteiger partial charge in [0.05, 0.1) is 5.56 Å². The van der Waals surface area contributed by atoms with Crippen molar-refractivity contribution in [2.24, 2.45) is 0 Å². The molecule has 0 aliphatic heterocycles. The molecular weight excluding hydrogens is 252 g/mol. The van der Waals surface area contributed by atoms with Crippen LogP contribution in [0.1, 0.15) is 10.4 Å². The number of aromatic carboxylic acids is 1. The summed E-state index contributed by atoms with van der Waals surface area (Å²) >= 11 is 1.41. The molecule has 18 heavy (non-hydrogen) atoms. The van der Waals surface area contributed by atoms with Crippen LogP contribution in [0, 0.1) is 0 Å². The Bertz CT molecular complexity index is 530. The first-order valence-electron chi connectivity index (χ1n) is 5.25. The summed E-state index contributed by atoms with van der Waals surface area (Å²) in [6, 6.07) is 8.86. The molecule has 0 saturated carbocycles. The Labute approximate surface area is 108 Å². The maximum atomic E-state index is 11.0. The van der Waals surface area contributed by atoms with Crippen LogP contribution in [-0.4, -0.2) is 25.0 Å². The molecule has 0 amide bonds. The second-order valence-corrected chi connectivity index (χ2v) is 4.46. The van der Waals surface area contributed by atoms with Gasteiger partial charge in [-0.25, -0.2) is 4.79 Å². The normalized spacial score (nSPS) is 10.3. The molecule has 4 nitrogen and oxygen atoms in total. The van der Waals surface area contributed by atoms with Crippen LogP contribution in [0.2, 0.25) is 0 Å². The minimum Gasteiger partial charge on any atom is -0.478 e. The van der Waals surface area contributed by atoms with Crippen molar-refractivity contribution in [3.63, 3.8) is 0 Å². The fourth-order valence-corrected chi connectivity index (χ4v) is 2.43. The Kier molecular flexibility index (Phi) is 3.96. The van der Waals surface area contributed by atoms with Gasteiger partial charge in [0.25, 0.3) is 0 Å². The number of ether oxygens (including phenoxy) is 2. The first-order valence-corrected chi connectivity index (χ1v) is 6.13. The molecular formula is C13H12O4S. The third-order valence-electron chi connectivity index (χ3n) is 2.36. The Morgan fingerprint density at radius 3 is 2.61 bits per heavy atom. The molecule has 1 heterocycles. The molecule has 0 bridgehead atoms. The number of carboxylic acids is 1. The van der Waals surface area contributed by atoms with E-state index in [0.29, 0.717) is 11.3 Å². The zero-order valence-electron chi connectivity index (χ0n) is 9.75. The van der Waals surface area contributed by atoms with Crippen molar-refractivity contribution in [2.75, 3.05) is 13.9 Å². The van der Waals surface area contributed by atoms with Gasteiger partial charge in [-0.15, -0.1) is 11.3 Å². The zero-order valence-corrected chi connectivity index (χ0v) is 10.6. The minimum absolute atomic E-state index is 0.193. The average Bonchev–Trinajstić information content (AvgIpc) is 2.86. The predicted molar refractivity (Wildman–Crippen MR) is 69.2 cm³/mol. The van der Waals surface area contributed by atoms with Crippen LogP contribution in [0.5, 0.6) is 5.75 Å². The first kappa shape index (κ1) is 12.6. The van der Waals surface area contributed by atoms with Crippen molar-refractivity contribution < 1.29 is 19.4 Å². The highest BCUT2D eigenvalue weighted by Gasteiger charge is 2.12. The Hall–Kier alpha value is -1.85. The lowest BCUT2D eigenvalue weighted by Crippen LogP contribution is -1.98. The summed E-state index contributed by atoms with van der Waals surface area (Å²) in [7, 11) is 1.55. The van der Waals surface area contributed by atoms with Gasteiger partial charge < -0.3 is 14.6 Å². The number of methoxy groups -OCH3 is 1. The number of carbonyl (C=O) groups is 1. The molecule has 0 atom stereocenters. The van der Waals surface area contributed by atoms with E-state index in [4.69, 9.17) is 14.6 Å². The summed E-state index contributed by atoms with van der Waals surface area (Å²) in [5, 5.41) is 10.8. The Morgan fingerprint density at radius 1 is 1.28 bits per heavy atom. The minimum atomic E-state index is -0.911. The maximum absolute atomic E-state index is 11.0. The van der Waals surface area contributed by atoms with Gasteiger partial charge in [0.15, 0.2) is 6.79 Å². The highest BCUT2D eigenvalue weighted by Crippen LogP contribution is 2.30. The van der Waals surface area contributed by atoms with Gasteiger partial charge in [0.1, 0.15) is 5.75 Å². The van der Waals surface area contributed by atoms with Gasteiger partial charge in [-0.3, -0.25) is 0 Å². The van der Waals surface area contributed by atoms with E-state index in [1.807, 2.05) is 12.1 Å². The van der Waals surface area contributed by atoms with Crippen molar-refractivity contribution in [3.05, 3.63) is 41.3 Å². The molecule has 0 aliphatic carbocycles. The van der Waals surface area contributed by atoms with Crippen LogP contribution in [0.3, 0.4) is 0 Å². The zero-order chi connectivity index (χ0) is 13.0. The van der Waals surface area contributed by atoms with Crippen LogP contribution in [0.25, 0.3) is 10.4 Å². The second-order valence-electron chi connectivity index (χ2n) is 3.54. The highest BCUT2D eigenvalue weighted by molar-refractivity contribution is 7.14. The maximum Gasteiger partial charge on any atom is 0.337 e. The summed E-state index contributed by atoms with van der Waals surface area (Å²) in [5.41, 5.74) is 1.19. The topological polar surface area (TPSA) is 55.8 Å². The van der Waals surface area contributed by atoms with E-state index < -0.39 is 5.97 Å². The molecule has 1 aromatic heterocycles. The van der Waals surface area contributed by atoms with Crippen LogP contribution in [-0.2, 0) is 4.74 Å². The third-order valence-corrected chi connectivity index (χ3v) is 3.32. The molecule has 0 spiro atoms. The van der Waals surface area contributed by atoms with E-state index in [1.165, 1.54) is 11.3 Å². The summed E-state index contributed by atoms with van der Waals surface area (Å²) in [6.07, 6.45) is 0. The number of benzene rings is 1. The summed E-state index contributed by atoms with van der Waals surface area (Å²) < 4.78 is 10.1. The predicted octanol–water partition coefficient (Wildman–Crippen LogP) is 3.10. The van der Waals surface area contributed by atoms with Gasteiger partial charge in [-0.05, 0) is 41.3 Å². The van der Waals surface area contributed by atoms with Crippen LogP contribution in [0.4, 0.5) is 0 Å². The van der Waals surface area contributed by atoms with Gasteiger partial charge in [0, 0.05) is 12.0 Å². The standard InChI is InChI=1S/C13H12O4S/c1-16-8-17-10-4-2-9(3-5-10)12-11(13(14)15)6-7-18-12/h2-7H,8H2,1H3,(H,14,15). The number of hydrogen-bond acceptors (Lipinski definition) is 4. The SMILES string of the molecule is COCOc1ccc(-c2sccc2C(=O)O)cc1. The lowest BCUT2D eigenvalue weighted by Gasteiger charge is -2.05. The van der Waals surface area contributed by atoms with Crippen LogP contribution < -0.4 is 4.74 Å². The molecule has 2 rings (SSSR count). The third kappa shape index (κ3) is 2.69. The van der Waals surface area contributed by atoms with E-state index in [1.54, 1.807) is 30.7 Å². The van der Waals surface area contributed by atoms with E-state index >= 15 is 0 Å². The largest absolute Gasteiger partial charge is 0.478 e. The van der Waals surface area contributed by atoms with Crippen molar-refractivity contribution in [1.82, 2.24) is 0 Å². The first-order chi connectivity index (χ1) is 8.72. The van der Waals surface area contributed by atoms with Crippen molar-refractivity contribution in [1.29, 1.82) is 0 Å². The van der Waals surface area contributed by atoms with E-state index in [9.17, 15) is 4.79 Å². The molecule has 0 radical (unpaired) electrons. The number of hydrogen-bond donors (Lipinski definition) is 1. The van der Waals surface area contributed by atoms with Gasteiger partial charge >= 0.3 is 5.97 Å². The van der Waals surface area contributed by atoms with E-state index in [0.717, 1.165) is 10.4 Å². The highest BCUT2D eigenvalue weighted by atomic mass is 32.1. The molecule has 1 aromatic carbocycles. The quantitative estimate of drug-likeness (QED) is 0.843. The molecule has 94 valence electrons. The molecule has 0 fully saturated rings. The summed E-state index contributed by atoms with van der Waals surface area (Å²) in [4.78, 5) is 11.8. The molecule has 2 aromatic rings. The lowest BCUT2D eigenvalue weighted by molar-refractivity contribution is 0.0511. The molecule has 0 unspecified atom stereocenters. The summed E-state index contributed by atoms with van der Waals surface area (Å²) in [5.74, 6) is -0.222. The number of thiophene rings is 1. The molecule has 5 heteroatoms. The van der Waals surface area contributed by atoms with Crippen LogP contribution in [0.15, 0.2) is 35.7 Å². The molecule has 0 saturated heterocycles. The van der Waals surface area contributed by atoms with Crippen molar-refractivity contribution in [2.45, 2.75) is 0 Å². The van der Waals surface area contributed by atoms with E-state index in [-0.39, 0.29) is 6.79 Å². The number of rotatable bonds is 5. The molecule has 1 N–H and O–H groups in total. The number of carboxylic acid groups (broad SMARTS) is 1.